The maximum atomic E-state index is 11.7. The molecule has 1 aromatic heterocycles. The van der Waals surface area contributed by atoms with Crippen molar-refractivity contribution in [3.05, 3.63) is 17.7 Å². The Balaban J connectivity index is 1.53. The van der Waals surface area contributed by atoms with E-state index in [4.69, 9.17) is 0 Å². The molecule has 0 radical (unpaired) electrons. The van der Waals surface area contributed by atoms with Crippen molar-refractivity contribution in [1.82, 2.24) is 14.9 Å². The van der Waals surface area contributed by atoms with Crippen LogP contribution in [0.15, 0.2) is 6.20 Å². The van der Waals surface area contributed by atoms with Crippen LogP contribution in [0.2, 0.25) is 0 Å². The summed E-state index contributed by atoms with van der Waals surface area (Å²) in [4.78, 5) is 16.2. The molecule has 2 fully saturated rings. The fourth-order valence-corrected chi connectivity index (χ4v) is 2.54. The quantitative estimate of drug-likeness (QED) is 0.865. The number of carbonyl (C=O) groups excluding carboxylic acids is 1. The molecular weight excluding hydrogens is 226 g/mol. The number of hydrogen-bond donors (Lipinski definition) is 1. The molecule has 0 aliphatic heterocycles. The van der Waals surface area contributed by atoms with Crippen LogP contribution in [0.4, 0.5) is 0 Å². The molecule has 1 N–H and O–H groups in total. The highest BCUT2D eigenvalue weighted by atomic mass is 16.1. The highest BCUT2D eigenvalue weighted by Gasteiger charge is 2.29. The number of hydrogen-bond acceptors (Lipinski definition) is 2. The van der Waals surface area contributed by atoms with Crippen LogP contribution in [0.3, 0.4) is 0 Å². The molecule has 4 nitrogen and oxygen atoms in total. The van der Waals surface area contributed by atoms with Crippen molar-refractivity contribution in [1.29, 1.82) is 0 Å². The minimum atomic E-state index is 0.243. The number of amides is 1. The second kappa shape index (κ2) is 4.75. The van der Waals surface area contributed by atoms with E-state index >= 15 is 0 Å². The summed E-state index contributed by atoms with van der Waals surface area (Å²) in [6.45, 7) is 3.68. The van der Waals surface area contributed by atoms with Crippen molar-refractivity contribution in [2.75, 3.05) is 6.54 Å². The van der Waals surface area contributed by atoms with E-state index in [1.54, 1.807) is 0 Å². The van der Waals surface area contributed by atoms with Crippen LogP contribution in [0, 0.1) is 12.8 Å². The molecule has 4 heteroatoms. The Kier molecular flexibility index (Phi) is 3.10. The van der Waals surface area contributed by atoms with Crippen LogP contribution in [0.25, 0.3) is 0 Å². The van der Waals surface area contributed by atoms with Gasteiger partial charge in [0.25, 0.3) is 0 Å². The highest BCUT2D eigenvalue weighted by molar-refractivity contribution is 5.79. The van der Waals surface area contributed by atoms with Crippen molar-refractivity contribution in [2.24, 2.45) is 5.92 Å². The zero-order chi connectivity index (χ0) is 12.5. The molecule has 18 heavy (non-hydrogen) atoms. The lowest BCUT2D eigenvalue weighted by Crippen LogP contribution is -2.36. The second-order valence-corrected chi connectivity index (χ2v) is 5.60. The van der Waals surface area contributed by atoms with Crippen molar-refractivity contribution in [2.45, 2.75) is 51.5 Å². The van der Waals surface area contributed by atoms with Gasteiger partial charge in [-0.15, -0.1) is 0 Å². The number of nitrogens with one attached hydrogen (secondary N) is 1. The first-order valence-corrected chi connectivity index (χ1v) is 7.05. The normalized spacial score (nSPS) is 19.6. The first-order valence-electron chi connectivity index (χ1n) is 7.05. The molecule has 1 aromatic rings. The summed E-state index contributed by atoms with van der Waals surface area (Å²) in [5, 5.41) is 3.05. The third-order valence-electron chi connectivity index (χ3n) is 4.14. The lowest BCUT2D eigenvalue weighted by atomic mass is 9.85. The molecule has 2 aliphatic carbocycles. The van der Waals surface area contributed by atoms with E-state index < -0.39 is 0 Å². The molecule has 0 atom stereocenters. The van der Waals surface area contributed by atoms with Gasteiger partial charge in [-0.2, -0.15) is 0 Å². The SMILES string of the molecule is Cc1cnc(C2CC2)n1CCNC(=O)C1CCC1. The van der Waals surface area contributed by atoms with E-state index in [1.807, 2.05) is 6.20 Å². The number of carbonyl (C=O) groups is 1. The van der Waals surface area contributed by atoms with Crippen LogP contribution in [-0.2, 0) is 11.3 Å². The van der Waals surface area contributed by atoms with E-state index in [1.165, 1.54) is 30.8 Å². The van der Waals surface area contributed by atoms with Gasteiger partial charge in [0.1, 0.15) is 5.82 Å². The number of imidazole rings is 1. The van der Waals surface area contributed by atoms with Crippen LogP contribution < -0.4 is 5.32 Å². The van der Waals surface area contributed by atoms with Crippen molar-refractivity contribution in [3.8, 4) is 0 Å². The predicted octanol–water partition coefficient (Wildman–Crippen LogP) is 1.99. The Hall–Kier alpha value is -1.32. The van der Waals surface area contributed by atoms with E-state index in [9.17, 15) is 4.79 Å². The zero-order valence-corrected chi connectivity index (χ0v) is 11.0. The molecule has 1 amide bonds. The lowest BCUT2D eigenvalue weighted by molar-refractivity contribution is -0.127. The van der Waals surface area contributed by atoms with Gasteiger partial charge in [0.15, 0.2) is 0 Å². The third kappa shape index (κ3) is 2.28. The number of rotatable bonds is 5. The Morgan fingerprint density at radius 3 is 2.83 bits per heavy atom. The molecule has 2 saturated carbocycles. The Morgan fingerprint density at radius 1 is 1.44 bits per heavy atom. The summed E-state index contributed by atoms with van der Waals surface area (Å²) >= 11 is 0. The van der Waals surface area contributed by atoms with E-state index in [-0.39, 0.29) is 11.8 Å². The Morgan fingerprint density at radius 2 is 2.22 bits per heavy atom. The van der Waals surface area contributed by atoms with Gasteiger partial charge in [0.2, 0.25) is 5.91 Å². The van der Waals surface area contributed by atoms with Gasteiger partial charge in [-0.25, -0.2) is 4.98 Å². The first kappa shape index (κ1) is 11.8. The summed E-state index contributed by atoms with van der Waals surface area (Å²) < 4.78 is 2.26. The zero-order valence-electron chi connectivity index (χ0n) is 11.0. The van der Waals surface area contributed by atoms with E-state index in [0.717, 1.165) is 25.9 Å². The molecule has 0 aromatic carbocycles. The van der Waals surface area contributed by atoms with Crippen molar-refractivity contribution < 1.29 is 4.79 Å². The van der Waals surface area contributed by atoms with Gasteiger partial charge >= 0.3 is 0 Å². The summed E-state index contributed by atoms with van der Waals surface area (Å²) in [6.07, 6.45) is 7.84. The Labute approximate surface area is 108 Å². The molecule has 2 aliphatic rings. The average molecular weight is 247 g/mol. The molecule has 1 heterocycles. The number of nitrogens with zero attached hydrogens (tertiary/aromatic N) is 2. The van der Waals surface area contributed by atoms with E-state index in [0.29, 0.717) is 5.92 Å². The van der Waals surface area contributed by atoms with Gasteiger partial charge in [-0.1, -0.05) is 6.42 Å². The number of aryl methyl sites for hydroxylation is 1. The monoisotopic (exact) mass is 247 g/mol. The van der Waals surface area contributed by atoms with Crippen molar-refractivity contribution >= 4 is 5.91 Å². The first-order chi connectivity index (χ1) is 8.75. The summed E-state index contributed by atoms with van der Waals surface area (Å²) in [6, 6.07) is 0. The van der Waals surface area contributed by atoms with E-state index in [2.05, 4.69) is 21.8 Å². The van der Waals surface area contributed by atoms with Crippen LogP contribution in [0.5, 0.6) is 0 Å². The summed E-state index contributed by atoms with van der Waals surface area (Å²) in [5.74, 6) is 2.41. The molecule has 3 rings (SSSR count). The molecule has 98 valence electrons. The largest absolute Gasteiger partial charge is 0.354 e. The third-order valence-corrected chi connectivity index (χ3v) is 4.14. The fourth-order valence-electron chi connectivity index (χ4n) is 2.54. The highest BCUT2D eigenvalue weighted by Crippen LogP contribution is 2.39. The summed E-state index contributed by atoms with van der Waals surface area (Å²) in [7, 11) is 0. The van der Waals surface area contributed by atoms with Crippen LogP contribution in [0.1, 0.15) is 49.5 Å². The van der Waals surface area contributed by atoms with Gasteiger partial charge in [0, 0.05) is 36.8 Å². The lowest BCUT2D eigenvalue weighted by Gasteiger charge is -2.24. The van der Waals surface area contributed by atoms with Crippen LogP contribution >= 0.6 is 0 Å². The fraction of sp³-hybridized carbons (Fsp3) is 0.714. The predicted molar refractivity (Wildman–Crippen MR) is 69.3 cm³/mol. The Bertz CT molecular complexity index is 444. The average Bonchev–Trinajstić information content (AvgIpc) is 3.03. The molecule has 0 bridgehead atoms. The molecule has 0 saturated heterocycles. The maximum Gasteiger partial charge on any atom is 0.223 e. The second-order valence-electron chi connectivity index (χ2n) is 5.60. The minimum absolute atomic E-state index is 0.243. The van der Waals surface area contributed by atoms with Gasteiger partial charge in [0.05, 0.1) is 0 Å². The maximum absolute atomic E-state index is 11.7. The van der Waals surface area contributed by atoms with Gasteiger partial charge < -0.3 is 9.88 Å². The number of aromatic nitrogens is 2. The smallest absolute Gasteiger partial charge is 0.223 e. The van der Waals surface area contributed by atoms with Gasteiger partial charge in [-0.05, 0) is 32.6 Å². The topological polar surface area (TPSA) is 46.9 Å². The molecular formula is C14H21N3O. The molecule has 0 spiro atoms. The van der Waals surface area contributed by atoms with Gasteiger partial charge in [-0.3, -0.25) is 4.79 Å². The standard InChI is InChI=1S/C14H21N3O/c1-10-9-16-13(11-5-6-11)17(10)8-7-15-14(18)12-3-2-4-12/h9,11-12H,2-8H2,1H3,(H,15,18). The van der Waals surface area contributed by atoms with Crippen LogP contribution in [-0.4, -0.2) is 22.0 Å². The summed E-state index contributed by atoms with van der Waals surface area (Å²) in [5.41, 5.74) is 1.20. The van der Waals surface area contributed by atoms with Crippen molar-refractivity contribution in [3.63, 3.8) is 0 Å². The molecule has 0 unspecified atom stereocenters. The minimum Gasteiger partial charge on any atom is -0.354 e.